The Labute approximate surface area is 262 Å². The monoisotopic (exact) mass is 647 g/mol. The highest BCUT2D eigenvalue weighted by Gasteiger charge is 2.34. The highest BCUT2D eigenvalue weighted by atomic mass is 35.5. The van der Waals surface area contributed by atoms with E-state index in [2.05, 4.69) is 5.32 Å². The van der Waals surface area contributed by atoms with Crippen LogP contribution in [0.5, 0.6) is 11.5 Å². The number of para-hydroxylation sites is 2. The van der Waals surface area contributed by atoms with Gasteiger partial charge in [-0.3, -0.25) is 13.9 Å². The Bertz CT molecular complexity index is 1550. The normalized spacial score (nSPS) is 14.2. The molecule has 43 heavy (non-hydrogen) atoms. The molecule has 0 aliphatic heterocycles. The van der Waals surface area contributed by atoms with Crippen LogP contribution >= 0.6 is 23.2 Å². The molecule has 0 saturated heterocycles. The Balaban J connectivity index is 1.72. The number of nitrogens with one attached hydrogen (secondary N) is 1. The van der Waals surface area contributed by atoms with Crippen LogP contribution in [0.3, 0.4) is 0 Å². The van der Waals surface area contributed by atoms with Crippen molar-refractivity contribution in [1.29, 1.82) is 0 Å². The van der Waals surface area contributed by atoms with Crippen LogP contribution < -0.4 is 19.1 Å². The Hall–Kier alpha value is -3.47. The molecule has 230 valence electrons. The van der Waals surface area contributed by atoms with Crippen molar-refractivity contribution in [2.24, 2.45) is 0 Å². The highest BCUT2D eigenvalue weighted by molar-refractivity contribution is 7.92. The minimum atomic E-state index is -4.28. The van der Waals surface area contributed by atoms with Crippen molar-refractivity contribution >= 4 is 50.7 Å². The molecule has 1 fully saturated rings. The summed E-state index contributed by atoms with van der Waals surface area (Å²) < 4.78 is 39.8. The van der Waals surface area contributed by atoms with Gasteiger partial charge >= 0.3 is 0 Å². The first-order chi connectivity index (χ1) is 20.5. The number of benzene rings is 3. The number of halogens is 2. The van der Waals surface area contributed by atoms with Gasteiger partial charge < -0.3 is 19.7 Å². The van der Waals surface area contributed by atoms with Crippen LogP contribution in [-0.2, 0) is 26.2 Å². The highest BCUT2D eigenvalue weighted by Crippen LogP contribution is 2.33. The van der Waals surface area contributed by atoms with Crippen molar-refractivity contribution < 1.29 is 27.5 Å². The second kappa shape index (κ2) is 14.3. The summed E-state index contributed by atoms with van der Waals surface area (Å²) in [6.45, 7) is 1.03. The molecule has 1 atom stereocenters. The van der Waals surface area contributed by atoms with Gasteiger partial charge in [-0.2, -0.15) is 0 Å². The number of hydrogen-bond donors (Lipinski definition) is 1. The molecule has 2 amide bonds. The van der Waals surface area contributed by atoms with Gasteiger partial charge in [0.25, 0.3) is 10.0 Å². The van der Waals surface area contributed by atoms with E-state index in [1.54, 1.807) is 49.4 Å². The van der Waals surface area contributed by atoms with Crippen molar-refractivity contribution in [2.45, 2.75) is 56.1 Å². The van der Waals surface area contributed by atoms with E-state index in [4.69, 9.17) is 32.7 Å². The number of anilines is 1. The number of carbonyl (C=O) groups excluding carboxylic acids is 2. The predicted octanol–water partition coefficient (Wildman–Crippen LogP) is 5.68. The molecule has 0 radical (unpaired) electrons. The molecular formula is C31H35Cl2N3O6S. The van der Waals surface area contributed by atoms with Gasteiger partial charge in [0.15, 0.2) is 0 Å². The number of carbonyl (C=O) groups is 2. The maximum atomic E-state index is 14.2. The molecule has 9 nitrogen and oxygen atoms in total. The zero-order valence-corrected chi connectivity index (χ0v) is 26.6. The molecule has 3 aromatic carbocycles. The summed E-state index contributed by atoms with van der Waals surface area (Å²) in [4.78, 5) is 28.9. The molecular weight excluding hydrogens is 613 g/mol. The van der Waals surface area contributed by atoms with E-state index >= 15 is 0 Å². The quantitative estimate of drug-likeness (QED) is 0.271. The Morgan fingerprint density at radius 1 is 0.953 bits per heavy atom. The third-order valence-electron chi connectivity index (χ3n) is 7.49. The maximum absolute atomic E-state index is 14.2. The average molecular weight is 649 g/mol. The van der Waals surface area contributed by atoms with Gasteiger partial charge in [-0.1, -0.05) is 54.2 Å². The summed E-state index contributed by atoms with van der Waals surface area (Å²) in [5.74, 6) is -0.172. The van der Waals surface area contributed by atoms with E-state index < -0.39 is 28.5 Å². The lowest BCUT2D eigenvalue weighted by atomic mass is 10.1. The van der Waals surface area contributed by atoms with Gasteiger partial charge in [-0.05, 0) is 73.9 Å². The number of amides is 2. The lowest BCUT2D eigenvalue weighted by molar-refractivity contribution is -0.139. The fourth-order valence-corrected chi connectivity index (χ4v) is 6.78. The van der Waals surface area contributed by atoms with Crippen molar-refractivity contribution in [1.82, 2.24) is 10.2 Å². The second-order valence-corrected chi connectivity index (χ2v) is 13.0. The van der Waals surface area contributed by atoms with Crippen LogP contribution in [0.15, 0.2) is 71.6 Å². The van der Waals surface area contributed by atoms with Crippen molar-refractivity contribution in [3.63, 3.8) is 0 Å². The Morgan fingerprint density at radius 3 is 2.26 bits per heavy atom. The molecule has 12 heteroatoms. The van der Waals surface area contributed by atoms with Gasteiger partial charge in [0.1, 0.15) is 24.1 Å². The molecule has 1 N–H and O–H groups in total. The van der Waals surface area contributed by atoms with E-state index in [0.29, 0.717) is 21.4 Å². The zero-order valence-electron chi connectivity index (χ0n) is 24.3. The Kier molecular flexibility index (Phi) is 10.8. The van der Waals surface area contributed by atoms with Gasteiger partial charge in [0.2, 0.25) is 11.8 Å². The summed E-state index contributed by atoms with van der Waals surface area (Å²) in [5.41, 5.74) is 0.803. The zero-order chi connectivity index (χ0) is 31.1. The lowest BCUT2D eigenvalue weighted by Crippen LogP contribution is -2.52. The average Bonchev–Trinajstić information content (AvgIpc) is 3.52. The van der Waals surface area contributed by atoms with Crippen LogP contribution in [0.4, 0.5) is 5.69 Å². The Morgan fingerprint density at radius 2 is 1.63 bits per heavy atom. The number of ether oxygens (including phenoxy) is 2. The number of sulfonamides is 1. The maximum Gasteiger partial charge on any atom is 0.264 e. The van der Waals surface area contributed by atoms with Gasteiger partial charge in [0.05, 0.1) is 34.8 Å². The fourth-order valence-electron chi connectivity index (χ4n) is 5.03. The number of nitrogens with zero attached hydrogens (tertiary/aromatic N) is 2. The summed E-state index contributed by atoms with van der Waals surface area (Å²) >= 11 is 12.4. The van der Waals surface area contributed by atoms with Crippen LogP contribution in [0, 0.1) is 0 Å². The van der Waals surface area contributed by atoms with E-state index in [-0.39, 0.29) is 34.8 Å². The van der Waals surface area contributed by atoms with E-state index in [1.165, 1.54) is 43.4 Å². The molecule has 1 aliphatic rings. The number of rotatable bonds is 12. The first-order valence-electron chi connectivity index (χ1n) is 13.9. The molecule has 0 bridgehead atoms. The smallest absolute Gasteiger partial charge is 0.264 e. The molecule has 3 aromatic rings. The van der Waals surface area contributed by atoms with Crippen LogP contribution in [-0.4, -0.2) is 58.0 Å². The minimum absolute atomic E-state index is 0.00266. The molecule has 0 heterocycles. The summed E-state index contributed by atoms with van der Waals surface area (Å²) in [5, 5.41) is 3.70. The summed E-state index contributed by atoms with van der Waals surface area (Å²) in [6, 6.07) is 16.5. The van der Waals surface area contributed by atoms with Gasteiger partial charge in [-0.15, -0.1) is 0 Å². The standard InChI is InChI=1S/C31H35Cl2N3O6S/c1-21(31(38)34-23-8-4-5-9-23)35(19-22-12-17-26(32)27(33)18-22)30(37)20-36(28-10-6-7-11-29(28)42-3)43(39,40)25-15-13-24(41-2)14-16-25/h6-7,10-18,21,23H,4-5,8-9,19-20H2,1-3H3,(H,34,38)/t21-/m1/s1. The minimum Gasteiger partial charge on any atom is -0.497 e. The first-order valence-corrected chi connectivity index (χ1v) is 16.1. The van der Waals surface area contributed by atoms with Gasteiger partial charge in [-0.25, -0.2) is 8.42 Å². The first kappa shape index (κ1) is 32.4. The number of methoxy groups -OCH3 is 2. The second-order valence-electron chi connectivity index (χ2n) is 10.3. The topological polar surface area (TPSA) is 105 Å². The van der Waals surface area contributed by atoms with Crippen molar-refractivity contribution in [2.75, 3.05) is 25.1 Å². The molecule has 0 unspecified atom stereocenters. The van der Waals surface area contributed by atoms with E-state index in [9.17, 15) is 18.0 Å². The largest absolute Gasteiger partial charge is 0.497 e. The predicted molar refractivity (Wildman–Crippen MR) is 167 cm³/mol. The van der Waals surface area contributed by atoms with E-state index in [0.717, 1.165) is 30.0 Å². The lowest BCUT2D eigenvalue weighted by Gasteiger charge is -2.33. The fraction of sp³-hybridized carbons (Fsp3) is 0.355. The number of hydrogen-bond acceptors (Lipinski definition) is 6. The van der Waals surface area contributed by atoms with E-state index in [1.807, 2.05) is 0 Å². The third kappa shape index (κ3) is 7.74. The van der Waals surface area contributed by atoms with Crippen LogP contribution in [0.2, 0.25) is 10.0 Å². The SMILES string of the molecule is COc1ccc(S(=O)(=O)N(CC(=O)N(Cc2ccc(Cl)c(Cl)c2)[C@H](C)C(=O)NC2CCCC2)c2ccccc2OC)cc1. The van der Waals surface area contributed by atoms with Crippen molar-refractivity contribution in [3.05, 3.63) is 82.3 Å². The third-order valence-corrected chi connectivity index (χ3v) is 10.00. The van der Waals surface area contributed by atoms with Crippen LogP contribution in [0.25, 0.3) is 0 Å². The van der Waals surface area contributed by atoms with Crippen LogP contribution in [0.1, 0.15) is 38.2 Å². The molecule has 1 saturated carbocycles. The molecule has 1 aliphatic carbocycles. The van der Waals surface area contributed by atoms with Crippen molar-refractivity contribution in [3.8, 4) is 11.5 Å². The van der Waals surface area contributed by atoms with Gasteiger partial charge in [0, 0.05) is 12.6 Å². The molecule has 0 spiro atoms. The summed E-state index contributed by atoms with van der Waals surface area (Å²) in [6.07, 6.45) is 3.81. The molecule has 0 aromatic heterocycles. The summed E-state index contributed by atoms with van der Waals surface area (Å²) in [7, 11) is -1.38. The molecule has 4 rings (SSSR count).